The molecule has 0 unspecified atom stereocenters. The van der Waals surface area contributed by atoms with Crippen molar-refractivity contribution in [2.24, 2.45) is 5.92 Å². The lowest BCUT2D eigenvalue weighted by atomic mass is 9.86. The molecule has 1 atom stereocenters. The summed E-state index contributed by atoms with van der Waals surface area (Å²) >= 11 is 1.79. The van der Waals surface area contributed by atoms with Gasteiger partial charge in [0.1, 0.15) is 6.61 Å². The Balaban J connectivity index is 1.42. The van der Waals surface area contributed by atoms with Crippen LogP contribution in [-0.2, 0) is 9.53 Å². The molecule has 0 spiro atoms. The first-order chi connectivity index (χ1) is 13.3. The number of anilines is 1. The first-order valence-electron chi connectivity index (χ1n) is 10.1. The molecule has 0 bridgehead atoms. The molecule has 5 nitrogen and oxygen atoms in total. The topological polar surface area (TPSA) is 45.7 Å². The van der Waals surface area contributed by atoms with Gasteiger partial charge in [-0.2, -0.15) is 0 Å². The Morgan fingerprint density at radius 1 is 1.15 bits per heavy atom. The summed E-state index contributed by atoms with van der Waals surface area (Å²) in [6, 6.07) is 8.75. The molecule has 3 heterocycles. The summed E-state index contributed by atoms with van der Waals surface area (Å²) in [5.41, 5.74) is 1.10. The van der Waals surface area contributed by atoms with Crippen LogP contribution in [0.3, 0.4) is 0 Å². The maximum absolute atomic E-state index is 12.6. The molecule has 0 N–H and O–H groups in total. The smallest absolute Gasteiger partial charge is 0.248 e. The van der Waals surface area contributed by atoms with Gasteiger partial charge >= 0.3 is 0 Å². The highest BCUT2D eigenvalue weighted by molar-refractivity contribution is 7.22. The summed E-state index contributed by atoms with van der Waals surface area (Å²) in [5, 5.41) is 1.14. The van der Waals surface area contributed by atoms with Gasteiger partial charge in [-0.05, 0) is 43.7 Å². The van der Waals surface area contributed by atoms with Crippen LogP contribution in [0, 0.1) is 5.92 Å². The molecule has 2 aliphatic rings. The van der Waals surface area contributed by atoms with Crippen LogP contribution in [0.15, 0.2) is 24.3 Å². The third-order valence-electron chi connectivity index (χ3n) is 6.02. The third kappa shape index (κ3) is 4.11. The molecule has 2 aromatic rings. The van der Waals surface area contributed by atoms with E-state index in [0.717, 1.165) is 56.0 Å². The number of amides is 1. The molecule has 27 heavy (non-hydrogen) atoms. The standard InChI is InChI=1S/C21H29N3O2S/c1-26-15-20(25)24-12-6-2-3-8-18(24)16-10-13-23(14-11-16)21-22-17-7-4-5-9-19(17)27-21/h4-5,7,9,16,18H,2-3,6,8,10-15H2,1H3/t18-/m1/s1. The molecule has 2 saturated heterocycles. The molecule has 1 aromatic carbocycles. The van der Waals surface area contributed by atoms with Crippen molar-refractivity contribution in [2.45, 2.75) is 44.6 Å². The molecule has 6 heteroatoms. The molecule has 0 aliphatic carbocycles. The number of ether oxygens (including phenoxy) is 1. The number of benzene rings is 1. The van der Waals surface area contributed by atoms with Gasteiger partial charge in [0.25, 0.3) is 0 Å². The maximum atomic E-state index is 12.6. The minimum Gasteiger partial charge on any atom is -0.375 e. The fraction of sp³-hybridized carbons (Fsp3) is 0.619. The van der Waals surface area contributed by atoms with Crippen LogP contribution in [-0.4, -0.2) is 55.2 Å². The van der Waals surface area contributed by atoms with Crippen LogP contribution in [0.4, 0.5) is 5.13 Å². The summed E-state index contributed by atoms with van der Waals surface area (Å²) in [4.78, 5) is 22.0. The van der Waals surface area contributed by atoms with Gasteiger partial charge in [0.2, 0.25) is 5.91 Å². The van der Waals surface area contributed by atoms with Gasteiger partial charge in [-0.25, -0.2) is 4.98 Å². The third-order valence-corrected chi connectivity index (χ3v) is 7.12. The largest absolute Gasteiger partial charge is 0.375 e. The number of methoxy groups -OCH3 is 1. The van der Waals surface area contributed by atoms with E-state index in [-0.39, 0.29) is 12.5 Å². The minimum absolute atomic E-state index is 0.165. The number of likely N-dealkylation sites (tertiary alicyclic amines) is 1. The summed E-state index contributed by atoms with van der Waals surface area (Å²) in [5.74, 6) is 0.757. The number of aromatic nitrogens is 1. The summed E-state index contributed by atoms with van der Waals surface area (Å²) in [6.07, 6.45) is 7.00. The van der Waals surface area contributed by atoms with Crippen LogP contribution in [0.1, 0.15) is 38.5 Å². The quantitative estimate of drug-likeness (QED) is 0.797. The van der Waals surface area contributed by atoms with Crippen molar-refractivity contribution in [1.82, 2.24) is 9.88 Å². The Morgan fingerprint density at radius 3 is 2.74 bits per heavy atom. The number of hydrogen-bond donors (Lipinski definition) is 0. The van der Waals surface area contributed by atoms with E-state index in [1.165, 1.54) is 17.5 Å². The summed E-state index contributed by atoms with van der Waals surface area (Å²) in [7, 11) is 1.61. The number of nitrogens with zero attached hydrogens (tertiary/aromatic N) is 3. The molecule has 0 radical (unpaired) electrons. The van der Waals surface area contributed by atoms with Gasteiger partial charge in [0, 0.05) is 32.8 Å². The van der Waals surface area contributed by atoms with Crippen molar-refractivity contribution >= 4 is 32.6 Å². The van der Waals surface area contributed by atoms with Gasteiger partial charge in [-0.3, -0.25) is 4.79 Å². The molecular formula is C21H29N3O2S. The second-order valence-electron chi connectivity index (χ2n) is 7.73. The van der Waals surface area contributed by atoms with Gasteiger partial charge in [-0.1, -0.05) is 36.3 Å². The second-order valence-corrected chi connectivity index (χ2v) is 8.73. The van der Waals surface area contributed by atoms with Crippen molar-refractivity contribution < 1.29 is 9.53 Å². The maximum Gasteiger partial charge on any atom is 0.248 e. The normalized spacial score (nSPS) is 22.2. The Bertz CT molecular complexity index is 737. The second kappa shape index (κ2) is 8.57. The number of fused-ring (bicyclic) bond motifs is 1. The molecule has 2 aliphatic heterocycles. The van der Waals surface area contributed by atoms with E-state index in [9.17, 15) is 4.79 Å². The number of thiazole rings is 1. The first-order valence-corrected chi connectivity index (χ1v) is 11.0. The monoisotopic (exact) mass is 387 g/mol. The highest BCUT2D eigenvalue weighted by Gasteiger charge is 2.34. The SMILES string of the molecule is COCC(=O)N1CCCCC[C@@H]1C1CCN(c2nc3ccccc3s2)CC1. The van der Waals surface area contributed by atoms with E-state index >= 15 is 0 Å². The lowest BCUT2D eigenvalue weighted by molar-refractivity contribution is -0.138. The van der Waals surface area contributed by atoms with Crippen molar-refractivity contribution in [3.63, 3.8) is 0 Å². The fourth-order valence-corrected chi connectivity index (χ4v) is 5.63. The average molecular weight is 388 g/mol. The van der Waals surface area contributed by atoms with Gasteiger partial charge in [0.15, 0.2) is 5.13 Å². The lowest BCUT2D eigenvalue weighted by Gasteiger charge is -2.40. The molecule has 146 valence electrons. The Hall–Kier alpha value is -1.66. The number of piperidine rings is 1. The number of para-hydroxylation sites is 1. The number of hydrogen-bond acceptors (Lipinski definition) is 5. The highest BCUT2D eigenvalue weighted by atomic mass is 32.1. The van der Waals surface area contributed by atoms with E-state index in [1.807, 2.05) is 0 Å². The molecule has 1 amide bonds. The first kappa shape index (κ1) is 18.7. The number of carbonyl (C=O) groups is 1. The fourth-order valence-electron chi connectivity index (χ4n) is 4.61. The summed E-state index contributed by atoms with van der Waals surface area (Å²) in [6.45, 7) is 3.17. The van der Waals surface area contributed by atoms with E-state index in [2.05, 4.69) is 34.1 Å². The zero-order valence-electron chi connectivity index (χ0n) is 16.1. The minimum atomic E-state index is 0.165. The van der Waals surface area contributed by atoms with Gasteiger partial charge in [0.05, 0.1) is 10.2 Å². The predicted octanol–water partition coefficient (Wildman–Crippen LogP) is 3.93. The van der Waals surface area contributed by atoms with Crippen molar-refractivity contribution in [1.29, 1.82) is 0 Å². The number of rotatable bonds is 4. The van der Waals surface area contributed by atoms with Crippen molar-refractivity contribution in [3.8, 4) is 0 Å². The molecule has 0 saturated carbocycles. The molecule has 4 rings (SSSR count). The molecule has 2 fully saturated rings. The zero-order chi connectivity index (χ0) is 18.6. The Labute approximate surface area is 165 Å². The summed E-state index contributed by atoms with van der Waals surface area (Å²) < 4.78 is 6.39. The lowest BCUT2D eigenvalue weighted by Crippen LogP contribution is -2.48. The molecular weight excluding hydrogens is 358 g/mol. The van der Waals surface area contributed by atoms with Crippen LogP contribution >= 0.6 is 11.3 Å². The van der Waals surface area contributed by atoms with Crippen LogP contribution < -0.4 is 4.90 Å². The molecule has 1 aromatic heterocycles. The van der Waals surface area contributed by atoms with Crippen molar-refractivity contribution in [2.75, 3.05) is 38.3 Å². The van der Waals surface area contributed by atoms with Crippen molar-refractivity contribution in [3.05, 3.63) is 24.3 Å². The predicted molar refractivity (Wildman–Crippen MR) is 110 cm³/mol. The average Bonchev–Trinajstić information content (AvgIpc) is 2.98. The van der Waals surface area contributed by atoms with E-state index < -0.39 is 0 Å². The van der Waals surface area contributed by atoms with Gasteiger partial charge < -0.3 is 14.5 Å². The Morgan fingerprint density at radius 2 is 1.96 bits per heavy atom. The van der Waals surface area contributed by atoms with Crippen LogP contribution in [0.2, 0.25) is 0 Å². The zero-order valence-corrected chi connectivity index (χ0v) is 16.9. The van der Waals surface area contributed by atoms with Crippen LogP contribution in [0.25, 0.3) is 10.2 Å². The van der Waals surface area contributed by atoms with E-state index in [4.69, 9.17) is 9.72 Å². The van der Waals surface area contributed by atoms with Crippen LogP contribution in [0.5, 0.6) is 0 Å². The highest BCUT2D eigenvalue weighted by Crippen LogP contribution is 2.34. The Kier molecular flexibility index (Phi) is 5.93. The van der Waals surface area contributed by atoms with E-state index in [0.29, 0.717) is 12.0 Å². The number of carbonyl (C=O) groups excluding carboxylic acids is 1. The van der Waals surface area contributed by atoms with Gasteiger partial charge in [-0.15, -0.1) is 0 Å². The van der Waals surface area contributed by atoms with E-state index in [1.54, 1.807) is 18.4 Å².